The van der Waals surface area contributed by atoms with Crippen LogP contribution in [0.15, 0.2) is 182 Å². The van der Waals surface area contributed by atoms with E-state index in [9.17, 15) is 0 Å². The van der Waals surface area contributed by atoms with Gasteiger partial charge in [-0.15, -0.1) is 0 Å². The van der Waals surface area contributed by atoms with E-state index < -0.39 is 13.5 Å². The summed E-state index contributed by atoms with van der Waals surface area (Å²) in [5.41, 5.74) is 18.6. The first-order chi connectivity index (χ1) is 28.3. The van der Waals surface area contributed by atoms with Crippen molar-refractivity contribution in [3.63, 3.8) is 0 Å². The van der Waals surface area contributed by atoms with Gasteiger partial charge in [-0.1, -0.05) is 177 Å². The Balaban J connectivity index is 1.08. The standard InChI is InChI=1S/C55H41NSi/c1-2-16-36(17-3-1)37-30-32-43-41-20-6-14-28-51(41)57(53(43)34-37)52-29-15-7-21-42(52)44-33-31-38(35-54(44)57)56-49-26-12-10-24-47(49)55(48-25-11-13-27-50(48)56)45-22-8-4-18-39(45)40-19-5-9-23-46(40)55/h4-15,18-36H,1-3,16-17H2. The normalized spacial score (nSPS) is 18.6. The predicted molar refractivity (Wildman–Crippen MR) is 239 cm³/mol. The fraction of sp³-hybridized carbons (Fsp3) is 0.127. The average molecular weight is 744 g/mol. The molecule has 1 saturated carbocycles. The van der Waals surface area contributed by atoms with E-state index in [4.69, 9.17) is 0 Å². The average Bonchev–Trinajstić information content (AvgIpc) is 3.87. The first kappa shape index (κ1) is 31.9. The van der Waals surface area contributed by atoms with Crippen LogP contribution in [0.4, 0.5) is 17.1 Å². The third-order valence-corrected chi connectivity index (χ3v) is 19.4. The van der Waals surface area contributed by atoms with Gasteiger partial charge in [-0.2, -0.15) is 0 Å². The van der Waals surface area contributed by atoms with Gasteiger partial charge in [0.25, 0.3) is 0 Å². The molecule has 0 amide bonds. The van der Waals surface area contributed by atoms with Crippen LogP contribution in [0.1, 0.15) is 65.8 Å². The van der Waals surface area contributed by atoms with Crippen molar-refractivity contribution in [3.8, 4) is 33.4 Å². The Bertz CT molecular complexity index is 2880. The molecule has 2 spiro atoms. The maximum absolute atomic E-state index is 2.69. The second-order valence-electron chi connectivity index (χ2n) is 16.9. The summed E-state index contributed by atoms with van der Waals surface area (Å²) in [6.07, 6.45) is 6.68. The minimum Gasteiger partial charge on any atom is -0.310 e. The SMILES string of the molecule is c1ccc2c(c1)-c1ccccc1C21c2ccccc2N(c2ccc3c(c2)[Si]2(c4ccccc4-c4ccc(C5CCCCC5)cc42)c2ccccc2-3)c2ccccc21. The van der Waals surface area contributed by atoms with Crippen molar-refractivity contribution >= 4 is 45.9 Å². The number of fused-ring (bicyclic) bond motifs is 19. The van der Waals surface area contributed by atoms with Gasteiger partial charge in [0, 0.05) is 5.69 Å². The number of para-hydroxylation sites is 2. The molecular formula is C55H41NSi. The molecule has 0 bridgehead atoms. The lowest BCUT2D eigenvalue weighted by Crippen LogP contribution is -2.70. The van der Waals surface area contributed by atoms with Crippen LogP contribution < -0.4 is 25.6 Å². The molecule has 2 aliphatic carbocycles. The maximum atomic E-state index is 2.69. The van der Waals surface area contributed by atoms with Crippen molar-refractivity contribution in [1.82, 2.24) is 0 Å². The molecule has 2 heteroatoms. The molecule has 8 aromatic rings. The molecule has 0 saturated heterocycles. The quantitative estimate of drug-likeness (QED) is 0.159. The lowest BCUT2D eigenvalue weighted by molar-refractivity contribution is 0.444. The summed E-state index contributed by atoms with van der Waals surface area (Å²) in [7, 11) is -2.68. The van der Waals surface area contributed by atoms with Gasteiger partial charge in [-0.25, -0.2) is 0 Å². The molecule has 3 aliphatic heterocycles. The Morgan fingerprint density at radius 3 is 1.44 bits per heavy atom. The summed E-state index contributed by atoms with van der Waals surface area (Å²) in [6.45, 7) is 0. The Hall–Kier alpha value is -6.22. The van der Waals surface area contributed by atoms with Gasteiger partial charge in [0.05, 0.1) is 16.8 Å². The molecule has 1 fully saturated rings. The van der Waals surface area contributed by atoms with E-state index in [0.29, 0.717) is 5.92 Å². The summed E-state index contributed by atoms with van der Waals surface area (Å²) < 4.78 is 0. The fourth-order valence-corrected chi connectivity index (χ4v) is 18.0. The molecule has 1 nitrogen and oxygen atoms in total. The third kappa shape index (κ3) is 3.94. The van der Waals surface area contributed by atoms with Gasteiger partial charge >= 0.3 is 0 Å². The summed E-state index contributed by atoms with van der Waals surface area (Å²) in [5, 5.41) is 6.20. The monoisotopic (exact) mass is 743 g/mol. The number of nitrogens with zero attached hydrogens (tertiary/aromatic N) is 1. The highest BCUT2D eigenvalue weighted by Gasteiger charge is 2.55. The molecule has 8 aromatic carbocycles. The van der Waals surface area contributed by atoms with Crippen LogP contribution >= 0.6 is 0 Å². The van der Waals surface area contributed by atoms with Gasteiger partial charge in [-0.05, 0) is 125 Å². The van der Waals surface area contributed by atoms with Crippen molar-refractivity contribution in [3.05, 3.63) is 210 Å². The molecule has 1 atom stereocenters. The van der Waals surface area contributed by atoms with E-state index in [0.717, 1.165) is 0 Å². The number of anilines is 3. The Morgan fingerprint density at radius 1 is 0.386 bits per heavy atom. The summed E-state index contributed by atoms with van der Waals surface area (Å²) in [5.74, 6) is 0.654. The minimum atomic E-state index is -2.68. The zero-order chi connectivity index (χ0) is 37.3. The van der Waals surface area contributed by atoms with Gasteiger partial charge in [-0.3, -0.25) is 0 Å². The Kier molecular flexibility index (Phi) is 6.53. The molecule has 0 N–H and O–H groups in total. The molecule has 3 heterocycles. The number of hydrogen-bond donors (Lipinski definition) is 0. The number of rotatable bonds is 2. The summed E-state index contributed by atoms with van der Waals surface area (Å²) in [6, 6.07) is 70.7. The first-order valence-electron chi connectivity index (χ1n) is 21.0. The van der Waals surface area contributed by atoms with E-state index in [1.54, 1.807) is 21.1 Å². The molecule has 270 valence electrons. The van der Waals surface area contributed by atoms with Crippen LogP contribution in [0.5, 0.6) is 0 Å². The van der Waals surface area contributed by atoms with Crippen molar-refractivity contribution in [2.75, 3.05) is 4.90 Å². The fourth-order valence-electron chi connectivity index (χ4n) is 12.3. The second-order valence-corrected chi connectivity index (χ2v) is 20.6. The molecule has 13 rings (SSSR count). The van der Waals surface area contributed by atoms with Crippen LogP contribution in [0.25, 0.3) is 33.4 Å². The summed E-state index contributed by atoms with van der Waals surface area (Å²) >= 11 is 0. The van der Waals surface area contributed by atoms with E-state index in [1.807, 2.05) is 0 Å². The van der Waals surface area contributed by atoms with Crippen LogP contribution in [0.3, 0.4) is 0 Å². The van der Waals surface area contributed by atoms with E-state index in [-0.39, 0.29) is 0 Å². The molecular weight excluding hydrogens is 703 g/mol. The Morgan fingerprint density at radius 2 is 0.842 bits per heavy atom. The molecule has 0 radical (unpaired) electrons. The van der Waals surface area contributed by atoms with E-state index in [2.05, 4.69) is 187 Å². The zero-order valence-corrected chi connectivity index (χ0v) is 32.9. The smallest absolute Gasteiger partial charge is 0.182 e. The van der Waals surface area contributed by atoms with Crippen LogP contribution in [0.2, 0.25) is 0 Å². The second kappa shape index (κ2) is 11.7. The highest BCUT2D eigenvalue weighted by Crippen LogP contribution is 2.63. The lowest BCUT2D eigenvalue weighted by atomic mass is 9.64. The third-order valence-electron chi connectivity index (χ3n) is 14.5. The van der Waals surface area contributed by atoms with Crippen LogP contribution in [-0.2, 0) is 5.41 Å². The van der Waals surface area contributed by atoms with E-state index in [1.165, 1.54) is 110 Å². The molecule has 0 aromatic heterocycles. The molecule has 5 aliphatic rings. The minimum absolute atomic E-state index is 0.418. The van der Waals surface area contributed by atoms with Crippen molar-refractivity contribution in [1.29, 1.82) is 0 Å². The highest BCUT2D eigenvalue weighted by molar-refractivity contribution is 7.24. The van der Waals surface area contributed by atoms with Gasteiger partial charge in [0.2, 0.25) is 0 Å². The highest BCUT2D eigenvalue weighted by atomic mass is 28.3. The van der Waals surface area contributed by atoms with Gasteiger partial charge in [0.15, 0.2) is 8.07 Å². The Labute approximate surface area is 335 Å². The number of benzene rings is 8. The maximum Gasteiger partial charge on any atom is 0.182 e. The molecule has 1 unspecified atom stereocenters. The largest absolute Gasteiger partial charge is 0.310 e. The number of hydrogen-bond acceptors (Lipinski definition) is 1. The van der Waals surface area contributed by atoms with Crippen LogP contribution in [-0.4, -0.2) is 8.07 Å². The predicted octanol–water partition coefficient (Wildman–Crippen LogP) is 11.2. The van der Waals surface area contributed by atoms with Gasteiger partial charge in [0.1, 0.15) is 0 Å². The molecule has 57 heavy (non-hydrogen) atoms. The van der Waals surface area contributed by atoms with Crippen molar-refractivity contribution in [2.24, 2.45) is 0 Å². The van der Waals surface area contributed by atoms with E-state index >= 15 is 0 Å². The van der Waals surface area contributed by atoms with Crippen molar-refractivity contribution in [2.45, 2.75) is 43.4 Å². The summed E-state index contributed by atoms with van der Waals surface area (Å²) in [4.78, 5) is 2.59. The zero-order valence-electron chi connectivity index (χ0n) is 31.9. The van der Waals surface area contributed by atoms with Gasteiger partial charge < -0.3 is 4.90 Å². The van der Waals surface area contributed by atoms with Crippen molar-refractivity contribution < 1.29 is 0 Å². The first-order valence-corrected chi connectivity index (χ1v) is 23.0. The topological polar surface area (TPSA) is 3.24 Å². The lowest BCUT2D eigenvalue weighted by Gasteiger charge is -2.45. The van der Waals surface area contributed by atoms with Crippen LogP contribution in [0, 0.1) is 0 Å².